The standard InChI is InChI=1S/C17H18F3N3O2/c1-10(24)21-16-14(11-4-3-5-11)15(22-23(16)2)12-6-8-13(9-7-12)25-17(18,19)20/h6-9,11H,3-5H2,1-2H3,(H,21,24). The minimum atomic E-state index is -4.72. The van der Waals surface area contributed by atoms with Crippen LogP contribution in [0, 0.1) is 0 Å². The minimum absolute atomic E-state index is 0.191. The van der Waals surface area contributed by atoms with Crippen molar-refractivity contribution in [2.45, 2.75) is 38.5 Å². The van der Waals surface area contributed by atoms with Crippen molar-refractivity contribution in [3.63, 3.8) is 0 Å². The van der Waals surface area contributed by atoms with Crippen molar-refractivity contribution in [3.05, 3.63) is 29.8 Å². The first-order valence-electron chi connectivity index (χ1n) is 7.95. The molecule has 134 valence electrons. The summed E-state index contributed by atoms with van der Waals surface area (Å²) in [5.41, 5.74) is 2.30. The number of nitrogens with one attached hydrogen (secondary N) is 1. The average Bonchev–Trinajstić information content (AvgIpc) is 2.74. The molecule has 1 aromatic heterocycles. The summed E-state index contributed by atoms with van der Waals surface area (Å²) in [7, 11) is 1.73. The van der Waals surface area contributed by atoms with Gasteiger partial charge in [-0.2, -0.15) is 5.10 Å². The topological polar surface area (TPSA) is 56.1 Å². The van der Waals surface area contributed by atoms with E-state index in [1.54, 1.807) is 23.9 Å². The van der Waals surface area contributed by atoms with Gasteiger partial charge >= 0.3 is 6.36 Å². The molecule has 1 saturated carbocycles. The van der Waals surface area contributed by atoms with Crippen LogP contribution in [0.4, 0.5) is 19.0 Å². The molecule has 0 spiro atoms. The van der Waals surface area contributed by atoms with Crippen molar-refractivity contribution in [3.8, 4) is 17.0 Å². The Morgan fingerprint density at radius 2 is 1.92 bits per heavy atom. The summed E-state index contributed by atoms with van der Waals surface area (Å²) in [4.78, 5) is 11.5. The molecule has 1 amide bonds. The van der Waals surface area contributed by atoms with E-state index in [0.29, 0.717) is 17.1 Å². The fourth-order valence-corrected chi connectivity index (χ4v) is 2.97. The summed E-state index contributed by atoms with van der Waals surface area (Å²) in [5, 5.41) is 7.29. The molecule has 0 saturated heterocycles. The van der Waals surface area contributed by atoms with Crippen molar-refractivity contribution in [2.24, 2.45) is 7.05 Å². The number of carbonyl (C=O) groups excluding carboxylic acids is 1. The van der Waals surface area contributed by atoms with E-state index in [4.69, 9.17) is 0 Å². The molecule has 1 fully saturated rings. The number of alkyl halides is 3. The second-order valence-electron chi connectivity index (χ2n) is 6.12. The Morgan fingerprint density at radius 3 is 2.40 bits per heavy atom. The highest BCUT2D eigenvalue weighted by atomic mass is 19.4. The molecular formula is C17H18F3N3O2. The highest BCUT2D eigenvalue weighted by Crippen LogP contribution is 2.44. The Labute approximate surface area is 142 Å². The zero-order valence-corrected chi connectivity index (χ0v) is 13.9. The Kier molecular flexibility index (Phi) is 4.45. The number of nitrogens with zero attached hydrogens (tertiary/aromatic N) is 2. The largest absolute Gasteiger partial charge is 0.573 e. The normalized spacial score (nSPS) is 14.9. The predicted molar refractivity (Wildman–Crippen MR) is 86.2 cm³/mol. The molecule has 1 aliphatic carbocycles. The second-order valence-corrected chi connectivity index (χ2v) is 6.12. The molecule has 0 radical (unpaired) electrons. The molecule has 1 aromatic carbocycles. The molecule has 0 unspecified atom stereocenters. The SMILES string of the molecule is CC(=O)Nc1c(C2CCC2)c(-c2ccc(OC(F)(F)F)cc2)nn1C. The molecule has 25 heavy (non-hydrogen) atoms. The molecule has 2 aromatic rings. The van der Waals surface area contributed by atoms with Gasteiger partial charge in [0.25, 0.3) is 0 Å². The van der Waals surface area contributed by atoms with Gasteiger partial charge in [0.15, 0.2) is 0 Å². The van der Waals surface area contributed by atoms with E-state index in [0.717, 1.165) is 24.8 Å². The maximum atomic E-state index is 12.3. The molecule has 8 heteroatoms. The van der Waals surface area contributed by atoms with Gasteiger partial charge in [0, 0.05) is 25.1 Å². The van der Waals surface area contributed by atoms with Crippen LogP contribution in [0.3, 0.4) is 0 Å². The van der Waals surface area contributed by atoms with E-state index >= 15 is 0 Å². The lowest BCUT2D eigenvalue weighted by atomic mass is 9.79. The third-order valence-corrected chi connectivity index (χ3v) is 4.25. The number of aromatic nitrogens is 2. The van der Waals surface area contributed by atoms with E-state index in [2.05, 4.69) is 15.2 Å². The Bertz CT molecular complexity index is 778. The van der Waals surface area contributed by atoms with E-state index in [-0.39, 0.29) is 17.6 Å². The fourth-order valence-electron chi connectivity index (χ4n) is 2.97. The molecule has 1 heterocycles. The number of benzene rings is 1. The van der Waals surface area contributed by atoms with Gasteiger partial charge in [0.1, 0.15) is 11.6 Å². The van der Waals surface area contributed by atoms with Crippen LogP contribution >= 0.6 is 0 Å². The van der Waals surface area contributed by atoms with Crippen molar-refractivity contribution >= 4 is 11.7 Å². The molecule has 3 rings (SSSR count). The van der Waals surface area contributed by atoms with Gasteiger partial charge < -0.3 is 10.1 Å². The first-order valence-corrected chi connectivity index (χ1v) is 7.95. The van der Waals surface area contributed by atoms with Crippen molar-refractivity contribution < 1.29 is 22.7 Å². The molecule has 0 bridgehead atoms. The van der Waals surface area contributed by atoms with Crippen molar-refractivity contribution in [2.75, 3.05) is 5.32 Å². The Hall–Kier alpha value is -2.51. The summed E-state index contributed by atoms with van der Waals surface area (Å²) in [6, 6.07) is 5.62. The maximum Gasteiger partial charge on any atom is 0.573 e. The third kappa shape index (κ3) is 3.78. The number of aryl methyl sites for hydroxylation is 1. The lowest BCUT2D eigenvalue weighted by molar-refractivity contribution is -0.274. The first-order chi connectivity index (χ1) is 11.7. The van der Waals surface area contributed by atoms with Crippen LogP contribution < -0.4 is 10.1 Å². The van der Waals surface area contributed by atoms with Crippen LogP contribution in [-0.4, -0.2) is 22.1 Å². The number of halogens is 3. The van der Waals surface area contributed by atoms with Crippen LogP contribution in [0.1, 0.15) is 37.7 Å². The van der Waals surface area contributed by atoms with Crippen LogP contribution in [0.2, 0.25) is 0 Å². The second kappa shape index (κ2) is 6.42. The smallest absolute Gasteiger partial charge is 0.406 e. The lowest BCUT2D eigenvalue weighted by Crippen LogP contribution is -2.17. The Balaban J connectivity index is 1.97. The lowest BCUT2D eigenvalue weighted by Gasteiger charge is -2.26. The van der Waals surface area contributed by atoms with Gasteiger partial charge in [0.2, 0.25) is 5.91 Å². The van der Waals surface area contributed by atoms with E-state index < -0.39 is 6.36 Å². The van der Waals surface area contributed by atoms with Crippen LogP contribution in [0.25, 0.3) is 11.3 Å². The highest BCUT2D eigenvalue weighted by Gasteiger charge is 2.32. The monoisotopic (exact) mass is 353 g/mol. The molecular weight excluding hydrogens is 335 g/mol. The van der Waals surface area contributed by atoms with Gasteiger partial charge in [-0.05, 0) is 43.0 Å². The zero-order chi connectivity index (χ0) is 18.2. The minimum Gasteiger partial charge on any atom is -0.406 e. The average molecular weight is 353 g/mol. The van der Waals surface area contributed by atoms with E-state index in [1.165, 1.54) is 19.1 Å². The number of rotatable bonds is 4. The van der Waals surface area contributed by atoms with Gasteiger partial charge in [0.05, 0.1) is 5.69 Å². The number of carbonyl (C=O) groups is 1. The fraction of sp³-hybridized carbons (Fsp3) is 0.412. The molecule has 1 aliphatic rings. The van der Waals surface area contributed by atoms with E-state index in [9.17, 15) is 18.0 Å². The van der Waals surface area contributed by atoms with Crippen LogP contribution in [0.15, 0.2) is 24.3 Å². The summed E-state index contributed by atoms with van der Waals surface area (Å²) in [6.45, 7) is 1.43. The number of hydrogen-bond acceptors (Lipinski definition) is 3. The number of amides is 1. The van der Waals surface area contributed by atoms with Crippen LogP contribution in [0.5, 0.6) is 5.75 Å². The first kappa shape index (κ1) is 17.3. The summed E-state index contributed by atoms with van der Waals surface area (Å²) in [6.07, 6.45) is -1.61. The number of hydrogen-bond donors (Lipinski definition) is 1. The highest BCUT2D eigenvalue weighted by molar-refractivity contribution is 5.90. The predicted octanol–water partition coefficient (Wildman–Crippen LogP) is 4.21. The van der Waals surface area contributed by atoms with E-state index in [1.807, 2.05) is 0 Å². The molecule has 0 atom stereocenters. The van der Waals surface area contributed by atoms with Gasteiger partial charge in [-0.25, -0.2) is 0 Å². The van der Waals surface area contributed by atoms with Gasteiger partial charge in [-0.1, -0.05) is 6.42 Å². The van der Waals surface area contributed by atoms with Crippen molar-refractivity contribution in [1.82, 2.24) is 9.78 Å². The van der Waals surface area contributed by atoms with Gasteiger partial charge in [-0.15, -0.1) is 13.2 Å². The number of ether oxygens (including phenoxy) is 1. The summed E-state index contributed by atoms with van der Waals surface area (Å²) >= 11 is 0. The van der Waals surface area contributed by atoms with Gasteiger partial charge in [-0.3, -0.25) is 9.48 Å². The van der Waals surface area contributed by atoms with Crippen LogP contribution in [-0.2, 0) is 11.8 Å². The maximum absolute atomic E-state index is 12.3. The zero-order valence-electron chi connectivity index (χ0n) is 13.9. The third-order valence-electron chi connectivity index (χ3n) is 4.25. The molecule has 5 nitrogen and oxygen atoms in total. The summed E-state index contributed by atoms with van der Waals surface area (Å²) in [5.74, 6) is 0.461. The summed E-state index contributed by atoms with van der Waals surface area (Å²) < 4.78 is 42.4. The molecule has 0 aliphatic heterocycles. The molecule has 1 N–H and O–H groups in total. The van der Waals surface area contributed by atoms with Crippen molar-refractivity contribution in [1.29, 1.82) is 0 Å². The number of anilines is 1. The quantitative estimate of drug-likeness (QED) is 0.896. The Morgan fingerprint density at radius 1 is 1.28 bits per heavy atom.